The molecule has 4 nitrogen and oxygen atoms in total. The molecule has 0 aliphatic carbocycles. The van der Waals surface area contributed by atoms with E-state index in [2.05, 4.69) is 33.6 Å². The molecule has 0 bridgehead atoms. The van der Waals surface area contributed by atoms with Crippen molar-refractivity contribution in [1.29, 1.82) is 0 Å². The van der Waals surface area contributed by atoms with E-state index in [4.69, 9.17) is 4.74 Å². The summed E-state index contributed by atoms with van der Waals surface area (Å²) in [6.07, 6.45) is 0. The molecule has 1 aliphatic rings. The molecule has 0 N–H and O–H groups in total. The first kappa shape index (κ1) is 16.1. The molecule has 1 aliphatic heterocycles. The minimum absolute atomic E-state index is 0.112. The fourth-order valence-electron chi connectivity index (χ4n) is 2.82. The first-order chi connectivity index (χ1) is 11.2. The number of rotatable bonds is 3. The van der Waals surface area contributed by atoms with E-state index < -0.39 is 0 Å². The summed E-state index contributed by atoms with van der Waals surface area (Å²) in [5.41, 5.74) is 1.85. The summed E-state index contributed by atoms with van der Waals surface area (Å²) >= 11 is 2.25. The van der Waals surface area contributed by atoms with Gasteiger partial charge in [0.2, 0.25) is 0 Å². The highest BCUT2D eigenvalue weighted by Crippen LogP contribution is 2.28. The average Bonchev–Trinajstić information content (AvgIpc) is 2.62. The van der Waals surface area contributed by atoms with Gasteiger partial charge in [0.15, 0.2) is 0 Å². The Morgan fingerprint density at radius 2 is 1.65 bits per heavy atom. The first-order valence-electron chi connectivity index (χ1n) is 7.62. The quantitative estimate of drug-likeness (QED) is 0.713. The van der Waals surface area contributed by atoms with Gasteiger partial charge in [0.1, 0.15) is 5.75 Å². The molecule has 3 rings (SSSR count). The van der Waals surface area contributed by atoms with Gasteiger partial charge in [0, 0.05) is 35.3 Å². The Kier molecular flexibility index (Phi) is 5.05. The fourth-order valence-corrected chi connectivity index (χ4v) is 3.18. The van der Waals surface area contributed by atoms with Crippen LogP contribution in [-0.4, -0.2) is 44.1 Å². The van der Waals surface area contributed by atoms with Crippen LogP contribution in [-0.2, 0) is 0 Å². The lowest BCUT2D eigenvalue weighted by Gasteiger charge is -2.36. The van der Waals surface area contributed by atoms with Crippen molar-refractivity contribution in [2.24, 2.45) is 0 Å². The number of piperazine rings is 1. The Morgan fingerprint density at radius 3 is 2.30 bits per heavy atom. The van der Waals surface area contributed by atoms with Crippen molar-refractivity contribution < 1.29 is 9.53 Å². The predicted octanol–water partition coefficient (Wildman–Crippen LogP) is 3.26. The summed E-state index contributed by atoms with van der Waals surface area (Å²) < 4.78 is 6.57. The Hall–Kier alpha value is -1.76. The van der Waals surface area contributed by atoms with Crippen LogP contribution in [0.4, 0.5) is 5.69 Å². The molecule has 23 heavy (non-hydrogen) atoms. The van der Waals surface area contributed by atoms with Crippen LogP contribution in [0, 0.1) is 3.57 Å². The minimum Gasteiger partial charge on any atom is -0.495 e. The van der Waals surface area contributed by atoms with Gasteiger partial charge in [-0.2, -0.15) is 0 Å². The predicted molar refractivity (Wildman–Crippen MR) is 100 cm³/mol. The Labute approximate surface area is 150 Å². The molecule has 5 heteroatoms. The van der Waals surface area contributed by atoms with Crippen molar-refractivity contribution in [1.82, 2.24) is 4.90 Å². The molecule has 0 saturated carbocycles. The van der Waals surface area contributed by atoms with Gasteiger partial charge in [0.25, 0.3) is 5.91 Å². The summed E-state index contributed by atoms with van der Waals surface area (Å²) in [6.45, 7) is 3.08. The molecule has 0 unspecified atom stereocenters. The molecule has 0 atom stereocenters. The number of nitrogens with zero attached hydrogens (tertiary/aromatic N) is 2. The zero-order valence-corrected chi connectivity index (χ0v) is 15.2. The summed E-state index contributed by atoms with van der Waals surface area (Å²) in [6, 6.07) is 15.8. The molecule has 1 heterocycles. The van der Waals surface area contributed by atoms with Crippen molar-refractivity contribution in [3.05, 3.63) is 57.7 Å². The van der Waals surface area contributed by atoms with Crippen LogP contribution in [0.25, 0.3) is 0 Å². The zero-order chi connectivity index (χ0) is 16.2. The van der Waals surface area contributed by atoms with E-state index in [0.29, 0.717) is 0 Å². The highest BCUT2D eigenvalue weighted by molar-refractivity contribution is 14.1. The second-order valence-corrected chi connectivity index (χ2v) is 6.70. The number of anilines is 1. The third-order valence-corrected chi connectivity index (χ3v) is 4.80. The largest absolute Gasteiger partial charge is 0.495 e. The number of amides is 1. The summed E-state index contributed by atoms with van der Waals surface area (Å²) in [5, 5.41) is 0. The minimum atomic E-state index is 0.112. The molecule has 1 saturated heterocycles. The van der Waals surface area contributed by atoms with Gasteiger partial charge < -0.3 is 14.5 Å². The lowest BCUT2D eigenvalue weighted by Crippen LogP contribution is -2.48. The van der Waals surface area contributed by atoms with Gasteiger partial charge in [0.05, 0.1) is 12.8 Å². The highest BCUT2D eigenvalue weighted by Gasteiger charge is 2.23. The van der Waals surface area contributed by atoms with E-state index in [9.17, 15) is 4.79 Å². The van der Waals surface area contributed by atoms with Gasteiger partial charge in [-0.05, 0) is 59.0 Å². The summed E-state index contributed by atoms with van der Waals surface area (Å²) in [4.78, 5) is 16.8. The van der Waals surface area contributed by atoms with E-state index in [1.165, 1.54) is 0 Å². The molecule has 120 valence electrons. The first-order valence-corrected chi connectivity index (χ1v) is 8.70. The van der Waals surface area contributed by atoms with Crippen LogP contribution in [0.3, 0.4) is 0 Å². The van der Waals surface area contributed by atoms with Crippen molar-refractivity contribution in [2.45, 2.75) is 0 Å². The van der Waals surface area contributed by atoms with E-state index in [-0.39, 0.29) is 5.91 Å². The molecule has 0 radical (unpaired) electrons. The monoisotopic (exact) mass is 422 g/mol. The molecular formula is C18H19IN2O2. The van der Waals surface area contributed by atoms with Crippen LogP contribution in [0.5, 0.6) is 5.75 Å². The molecular weight excluding hydrogens is 403 g/mol. The van der Waals surface area contributed by atoms with Gasteiger partial charge in [-0.1, -0.05) is 12.1 Å². The third kappa shape index (κ3) is 3.60. The number of carbonyl (C=O) groups is 1. The van der Waals surface area contributed by atoms with Crippen LogP contribution >= 0.6 is 22.6 Å². The molecule has 1 fully saturated rings. The molecule has 2 aromatic carbocycles. The number of benzene rings is 2. The number of carbonyl (C=O) groups excluding carboxylic acids is 1. The second kappa shape index (κ2) is 7.21. The normalized spacial score (nSPS) is 14.7. The lowest BCUT2D eigenvalue weighted by molar-refractivity contribution is 0.0746. The topological polar surface area (TPSA) is 32.8 Å². The van der Waals surface area contributed by atoms with Gasteiger partial charge in [-0.15, -0.1) is 0 Å². The smallest absolute Gasteiger partial charge is 0.253 e. The Bertz CT molecular complexity index is 680. The van der Waals surface area contributed by atoms with Crippen molar-refractivity contribution in [3.8, 4) is 5.75 Å². The van der Waals surface area contributed by atoms with Crippen molar-refractivity contribution >= 4 is 34.2 Å². The van der Waals surface area contributed by atoms with Crippen molar-refractivity contribution in [3.63, 3.8) is 0 Å². The van der Waals surface area contributed by atoms with Gasteiger partial charge in [-0.25, -0.2) is 0 Å². The number of hydrogen-bond acceptors (Lipinski definition) is 3. The van der Waals surface area contributed by atoms with Crippen LogP contribution < -0.4 is 9.64 Å². The van der Waals surface area contributed by atoms with Crippen LogP contribution in [0.15, 0.2) is 48.5 Å². The molecule has 0 aromatic heterocycles. The number of methoxy groups -OCH3 is 1. The van der Waals surface area contributed by atoms with Gasteiger partial charge >= 0.3 is 0 Å². The maximum Gasteiger partial charge on any atom is 0.253 e. The Balaban J connectivity index is 1.66. The SMILES string of the molecule is COc1ccccc1N1CCN(C(=O)c2ccc(I)cc2)CC1. The molecule has 0 spiro atoms. The summed E-state index contributed by atoms with van der Waals surface area (Å²) in [5.74, 6) is 0.992. The fraction of sp³-hybridized carbons (Fsp3) is 0.278. The zero-order valence-electron chi connectivity index (χ0n) is 13.0. The maximum atomic E-state index is 12.6. The standard InChI is InChI=1S/C18H19IN2O2/c1-23-17-5-3-2-4-16(17)20-10-12-21(13-11-20)18(22)14-6-8-15(19)9-7-14/h2-9H,10-13H2,1H3. The van der Waals surface area contributed by atoms with E-state index in [1.54, 1.807) is 7.11 Å². The van der Waals surface area contributed by atoms with E-state index in [0.717, 1.165) is 46.7 Å². The van der Waals surface area contributed by atoms with Gasteiger partial charge in [-0.3, -0.25) is 4.79 Å². The Morgan fingerprint density at radius 1 is 1.00 bits per heavy atom. The lowest BCUT2D eigenvalue weighted by atomic mass is 10.1. The van der Waals surface area contributed by atoms with E-state index in [1.807, 2.05) is 47.4 Å². The highest BCUT2D eigenvalue weighted by atomic mass is 127. The van der Waals surface area contributed by atoms with Crippen LogP contribution in [0.1, 0.15) is 10.4 Å². The second-order valence-electron chi connectivity index (χ2n) is 5.46. The van der Waals surface area contributed by atoms with E-state index >= 15 is 0 Å². The molecule has 2 aromatic rings. The molecule has 1 amide bonds. The third-order valence-electron chi connectivity index (χ3n) is 4.08. The summed E-state index contributed by atoms with van der Waals surface area (Å²) in [7, 11) is 1.69. The van der Waals surface area contributed by atoms with Crippen LogP contribution in [0.2, 0.25) is 0 Å². The number of ether oxygens (including phenoxy) is 1. The number of halogens is 1. The maximum absolute atomic E-state index is 12.6. The van der Waals surface area contributed by atoms with Crippen molar-refractivity contribution in [2.75, 3.05) is 38.2 Å². The number of para-hydroxylation sites is 2. The average molecular weight is 422 g/mol. The number of hydrogen-bond donors (Lipinski definition) is 0.